The van der Waals surface area contributed by atoms with E-state index in [2.05, 4.69) is 42.2 Å². The van der Waals surface area contributed by atoms with Crippen molar-refractivity contribution in [2.45, 2.75) is 38.0 Å². The summed E-state index contributed by atoms with van der Waals surface area (Å²) in [4.78, 5) is 4.43. The minimum atomic E-state index is 0.0149. The Morgan fingerprint density at radius 2 is 2.00 bits per heavy atom. The van der Waals surface area contributed by atoms with E-state index in [9.17, 15) is 0 Å². The van der Waals surface area contributed by atoms with Crippen LogP contribution in [0, 0.1) is 6.92 Å². The van der Waals surface area contributed by atoms with Gasteiger partial charge in [0, 0.05) is 18.3 Å². The first kappa shape index (κ1) is 12.7. The number of aryl methyl sites for hydroxylation is 3. The van der Waals surface area contributed by atoms with Crippen LogP contribution in [0.3, 0.4) is 0 Å². The fraction of sp³-hybridized carbons (Fsp3) is 0.353. The van der Waals surface area contributed by atoms with Gasteiger partial charge in [-0.2, -0.15) is 0 Å². The highest BCUT2D eigenvalue weighted by atomic mass is 35.5. The summed E-state index contributed by atoms with van der Waals surface area (Å²) in [5.41, 5.74) is 6.46. The smallest absolute Gasteiger partial charge is 0.0640 e. The van der Waals surface area contributed by atoms with Crippen LogP contribution >= 0.6 is 11.6 Å². The number of aromatic nitrogens is 1. The zero-order valence-electron chi connectivity index (χ0n) is 11.2. The average molecular weight is 272 g/mol. The van der Waals surface area contributed by atoms with Crippen LogP contribution in [-0.4, -0.2) is 4.98 Å². The quantitative estimate of drug-likeness (QED) is 0.754. The van der Waals surface area contributed by atoms with Crippen molar-refractivity contribution in [3.63, 3.8) is 0 Å². The number of nitrogens with zero attached hydrogens (tertiary/aromatic N) is 1. The molecule has 98 valence electrons. The number of benzene rings is 1. The Labute approximate surface area is 119 Å². The van der Waals surface area contributed by atoms with Crippen molar-refractivity contribution in [1.29, 1.82) is 0 Å². The van der Waals surface area contributed by atoms with Crippen LogP contribution in [0.25, 0.3) is 0 Å². The van der Waals surface area contributed by atoms with E-state index in [0.29, 0.717) is 0 Å². The van der Waals surface area contributed by atoms with Gasteiger partial charge in [-0.3, -0.25) is 4.98 Å². The predicted octanol–water partition coefficient (Wildman–Crippen LogP) is 4.40. The van der Waals surface area contributed by atoms with Gasteiger partial charge in [-0.25, -0.2) is 0 Å². The number of hydrogen-bond donors (Lipinski definition) is 0. The summed E-state index contributed by atoms with van der Waals surface area (Å²) in [5.74, 6) is 0. The lowest BCUT2D eigenvalue weighted by atomic mass is 10.0. The number of pyridine rings is 1. The molecule has 1 aliphatic rings. The van der Waals surface area contributed by atoms with Crippen LogP contribution in [0.5, 0.6) is 0 Å². The highest BCUT2D eigenvalue weighted by molar-refractivity contribution is 6.20. The minimum Gasteiger partial charge on any atom is -0.261 e. The fourth-order valence-corrected chi connectivity index (χ4v) is 3.00. The van der Waals surface area contributed by atoms with Gasteiger partial charge >= 0.3 is 0 Å². The Balaban J connectivity index is 1.76. The molecule has 0 radical (unpaired) electrons. The average Bonchev–Trinajstić information content (AvgIpc) is 2.88. The van der Waals surface area contributed by atoms with Crippen molar-refractivity contribution in [3.8, 4) is 0 Å². The molecular formula is C17H18ClN. The highest BCUT2D eigenvalue weighted by Crippen LogP contribution is 2.29. The molecule has 2 aromatic rings. The standard InChI is InChI=1S/C17H18ClN/c1-12-5-8-16(19-11-12)10-17(18)15-7-6-13-3-2-4-14(13)9-15/h5-9,11,17H,2-4,10H2,1H3. The molecule has 2 heteroatoms. The minimum absolute atomic E-state index is 0.0149. The molecule has 1 atom stereocenters. The van der Waals surface area contributed by atoms with Gasteiger partial charge in [0.05, 0.1) is 5.38 Å². The molecule has 0 amide bonds. The van der Waals surface area contributed by atoms with Crippen molar-refractivity contribution >= 4 is 11.6 Å². The van der Waals surface area contributed by atoms with E-state index < -0.39 is 0 Å². The molecule has 0 saturated heterocycles. The van der Waals surface area contributed by atoms with Crippen molar-refractivity contribution in [1.82, 2.24) is 4.98 Å². The first-order valence-electron chi connectivity index (χ1n) is 6.89. The molecule has 1 nitrogen and oxygen atoms in total. The predicted molar refractivity (Wildman–Crippen MR) is 79.7 cm³/mol. The van der Waals surface area contributed by atoms with Crippen LogP contribution in [0.2, 0.25) is 0 Å². The molecular weight excluding hydrogens is 254 g/mol. The van der Waals surface area contributed by atoms with Gasteiger partial charge < -0.3 is 0 Å². The van der Waals surface area contributed by atoms with Crippen molar-refractivity contribution in [2.24, 2.45) is 0 Å². The summed E-state index contributed by atoms with van der Waals surface area (Å²) in [5, 5.41) is 0.0149. The van der Waals surface area contributed by atoms with E-state index in [4.69, 9.17) is 11.6 Å². The normalized spacial score (nSPS) is 15.3. The van der Waals surface area contributed by atoms with Gasteiger partial charge in [0.2, 0.25) is 0 Å². The number of hydrogen-bond acceptors (Lipinski definition) is 1. The monoisotopic (exact) mass is 271 g/mol. The lowest BCUT2D eigenvalue weighted by molar-refractivity contribution is 0.875. The SMILES string of the molecule is Cc1ccc(CC(Cl)c2ccc3c(c2)CCC3)nc1. The Morgan fingerprint density at radius 3 is 2.79 bits per heavy atom. The molecule has 1 aliphatic carbocycles. The third-order valence-electron chi connectivity index (χ3n) is 3.85. The molecule has 0 saturated carbocycles. The van der Waals surface area contributed by atoms with Crippen molar-refractivity contribution in [2.75, 3.05) is 0 Å². The van der Waals surface area contributed by atoms with Crippen LogP contribution < -0.4 is 0 Å². The second-order valence-corrected chi connectivity index (χ2v) is 5.91. The van der Waals surface area contributed by atoms with Crippen LogP contribution in [-0.2, 0) is 19.3 Å². The number of fused-ring (bicyclic) bond motifs is 1. The molecule has 1 heterocycles. The summed E-state index contributed by atoms with van der Waals surface area (Å²) in [6.07, 6.45) is 6.41. The van der Waals surface area contributed by atoms with E-state index in [0.717, 1.165) is 12.1 Å². The maximum Gasteiger partial charge on any atom is 0.0640 e. The molecule has 0 N–H and O–H groups in total. The molecule has 0 fully saturated rings. The summed E-state index contributed by atoms with van der Waals surface area (Å²) in [6, 6.07) is 10.9. The van der Waals surface area contributed by atoms with E-state index >= 15 is 0 Å². The van der Waals surface area contributed by atoms with E-state index in [1.165, 1.54) is 41.5 Å². The molecule has 1 unspecified atom stereocenters. The van der Waals surface area contributed by atoms with E-state index in [1.54, 1.807) is 0 Å². The Morgan fingerprint density at radius 1 is 1.16 bits per heavy atom. The summed E-state index contributed by atoms with van der Waals surface area (Å²) in [6.45, 7) is 2.05. The molecule has 19 heavy (non-hydrogen) atoms. The number of halogens is 1. The van der Waals surface area contributed by atoms with E-state index in [-0.39, 0.29) is 5.38 Å². The van der Waals surface area contributed by atoms with Crippen molar-refractivity contribution < 1.29 is 0 Å². The van der Waals surface area contributed by atoms with Gasteiger partial charge in [0.25, 0.3) is 0 Å². The summed E-state index contributed by atoms with van der Waals surface area (Å²) in [7, 11) is 0. The first-order valence-corrected chi connectivity index (χ1v) is 7.33. The Kier molecular flexibility index (Phi) is 3.56. The topological polar surface area (TPSA) is 12.9 Å². The molecule has 0 aliphatic heterocycles. The highest BCUT2D eigenvalue weighted by Gasteiger charge is 2.15. The molecule has 0 spiro atoms. The fourth-order valence-electron chi connectivity index (χ4n) is 2.71. The van der Waals surface area contributed by atoms with Gasteiger partial charge in [0.15, 0.2) is 0 Å². The Bertz CT molecular complexity index is 574. The van der Waals surface area contributed by atoms with Gasteiger partial charge in [0.1, 0.15) is 0 Å². The molecule has 1 aromatic carbocycles. The van der Waals surface area contributed by atoms with E-state index in [1.807, 2.05) is 6.20 Å². The van der Waals surface area contributed by atoms with Crippen LogP contribution in [0.4, 0.5) is 0 Å². The first-order chi connectivity index (χ1) is 9.22. The number of alkyl halides is 1. The largest absolute Gasteiger partial charge is 0.261 e. The lowest BCUT2D eigenvalue weighted by Crippen LogP contribution is -1.99. The zero-order chi connectivity index (χ0) is 13.2. The third kappa shape index (κ3) is 2.82. The third-order valence-corrected chi connectivity index (χ3v) is 4.25. The van der Waals surface area contributed by atoms with Crippen LogP contribution in [0.1, 0.15) is 39.7 Å². The summed E-state index contributed by atoms with van der Waals surface area (Å²) < 4.78 is 0. The summed E-state index contributed by atoms with van der Waals surface area (Å²) >= 11 is 6.54. The maximum absolute atomic E-state index is 6.54. The van der Waals surface area contributed by atoms with Gasteiger partial charge in [-0.15, -0.1) is 11.6 Å². The second-order valence-electron chi connectivity index (χ2n) is 5.38. The molecule has 1 aromatic heterocycles. The second kappa shape index (κ2) is 5.34. The maximum atomic E-state index is 6.54. The molecule has 0 bridgehead atoms. The van der Waals surface area contributed by atoms with Crippen molar-refractivity contribution in [3.05, 3.63) is 64.5 Å². The zero-order valence-corrected chi connectivity index (χ0v) is 12.0. The van der Waals surface area contributed by atoms with Crippen LogP contribution in [0.15, 0.2) is 36.5 Å². The number of rotatable bonds is 3. The lowest BCUT2D eigenvalue weighted by Gasteiger charge is -2.11. The Hall–Kier alpha value is -1.34. The molecule has 3 rings (SSSR count). The van der Waals surface area contributed by atoms with Gasteiger partial charge in [-0.05, 0) is 54.5 Å². The van der Waals surface area contributed by atoms with Gasteiger partial charge in [-0.1, -0.05) is 24.3 Å².